The average Bonchev–Trinajstić information content (AvgIpc) is 2.29. The summed E-state index contributed by atoms with van der Waals surface area (Å²) in [5, 5.41) is 3.49. The van der Waals surface area contributed by atoms with Gasteiger partial charge in [0.25, 0.3) is 0 Å². The number of nitrogens with one attached hydrogen (secondary N) is 1. The third kappa shape index (κ3) is 4.98. The van der Waals surface area contributed by atoms with Crippen molar-refractivity contribution in [2.75, 3.05) is 26.7 Å². The van der Waals surface area contributed by atoms with E-state index < -0.39 is 0 Å². The Morgan fingerprint density at radius 2 is 2.27 bits per heavy atom. The zero-order valence-corrected chi connectivity index (χ0v) is 10.8. The second-order valence-electron chi connectivity index (χ2n) is 5.09. The van der Waals surface area contributed by atoms with Gasteiger partial charge in [0.1, 0.15) is 0 Å². The summed E-state index contributed by atoms with van der Waals surface area (Å²) in [7, 11) is 2.26. The van der Waals surface area contributed by atoms with Crippen LogP contribution in [0.15, 0.2) is 0 Å². The Kier molecular flexibility index (Phi) is 6.26. The number of nitrogens with zero attached hydrogens (tertiary/aromatic N) is 1. The molecule has 2 atom stereocenters. The molecule has 2 heteroatoms. The maximum Gasteiger partial charge on any atom is 0.00612 e. The van der Waals surface area contributed by atoms with Crippen LogP contribution in [0.4, 0.5) is 0 Å². The maximum atomic E-state index is 3.49. The summed E-state index contributed by atoms with van der Waals surface area (Å²) in [5.74, 6) is 0.948. The standard InChI is InChI=1S/C13H28N2/c1-4-12(2)15(3)10-6-8-13-7-5-9-14-11-13/h12-14H,4-11H2,1-3H3. The normalized spacial score (nSPS) is 24.4. The van der Waals surface area contributed by atoms with Gasteiger partial charge in [-0.1, -0.05) is 6.92 Å². The lowest BCUT2D eigenvalue weighted by atomic mass is 9.94. The van der Waals surface area contributed by atoms with E-state index in [2.05, 4.69) is 31.1 Å². The van der Waals surface area contributed by atoms with E-state index in [9.17, 15) is 0 Å². The molecule has 0 spiro atoms. The first-order chi connectivity index (χ1) is 7.24. The molecule has 0 saturated carbocycles. The molecule has 1 saturated heterocycles. The Bertz CT molecular complexity index is 151. The molecule has 1 aliphatic rings. The van der Waals surface area contributed by atoms with Crippen molar-refractivity contribution in [2.45, 2.75) is 52.0 Å². The average molecular weight is 212 g/mol. The van der Waals surface area contributed by atoms with Crippen LogP contribution in [0.25, 0.3) is 0 Å². The van der Waals surface area contributed by atoms with E-state index in [0.29, 0.717) is 0 Å². The lowest BCUT2D eigenvalue weighted by molar-refractivity contribution is 0.235. The molecule has 1 rings (SSSR count). The number of rotatable bonds is 6. The number of hydrogen-bond donors (Lipinski definition) is 1. The highest BCUT2D eigenvalue weighted by atomic mass is 15.1. The van der Waals surface area contributed by atoms with Gasteiger partial charge in [-0.25, -0.2) is 0 Å². The van der Waals surface area contributed by atoms with Gasteiger partial charge in [-0.15, -0.1) is 0 Å². The van der Waals surface area contributed by atoms with Crippen molar-refractivity contribution < 1.29 is 0 Å². The molecular formula is C13H28N2. The monoisotopic (exact) mass is 212 g/mol. The fourth-order valence-corrected chi connectivity index (χ4v) is 2.33. The van der Waals surface area contributed by atoms with Crippen LogP contribution >= 0.6 is 0 Å². The van der Waals surface area contributed by atoms with Crippen molar-refractivity contribution in [3.63, 3.8) is 0 Å². The SMILES string of the molecule is CCC(C)N(C)CCCC1CCCNC1. The Balaban J connectivity index is 2.04. The second kappa shape index (κ2) is 7.24. The van der Waals surface area contributed by atoms with Crippen LogP contribution in [0.3, 0.4) is 0 Å². The fourth-order valence-electron chi connectivity index (χ4n) is 2.33. The van der Waals surface area contributed by atoms with E-state index in [1.54, 1.807) is 0 Å². The van der Waals surface area contributed by atoms with Crippen molar-refractivity contribution >= 4 is 0 Å². The molecule has 0 aromatic rings. The summed E-state index contributed by atoms with van der Waals surface area (Å²) in [6, 6.07) is 0.745. The second-order valence-corrected chi connectivity index (χ2v) is 5.09. The van der Waals surface area contributed by atoms with E-state index >= 15 is 0 Å². The summed E-state index contributed by atoms with van der Waals surface area (Å²) < 4.78 is 0. The minimum atomic E-state index is 0.745. The lowest BCUT2D eigenvalue weighted by Crippen LogP contribution is -2.32. The highest BCUT2D eigenvalue weighted by Gasteiger charge is 2.13. The maximum absolute atomic E-state index is 3.49. The van der Waals surface area contributed by atoms with Crippen molar-refractivity contribution in [3.05, 3.63) is 0 Å². The molecule has 15 heavy (non-hydrogen) atoms. The summed E-state index contributed by atoms with van der Waals surface area (Å²) in [5.41, 5.74) is 0. The molecule has 90 valence electrons. The Labute approximate surface area is 95.4 Å². The van der Waals surface area contributed by atoms with Gasteiger partial charge >= 0.3 is 0 Å². The fraction of sp³-hybridized carbons (Fsp3) is 1.00. The van der Waals surface area contributed by atoms with Gasteiger partial charge in [0, 0.05) is 6.04 Å². The topological polar surface area (TPSA) is 15.3 Å². The molecule has 1 heterocycles. The first-order valence-electron chi connectivity index (χ1n) is 6.65. The van der Waals surface area contributed by atoms with Crippen LogP contribution in [-0.4, -0.2) is 37.6 Å². The van der Waals surface area contributed by atoms with Crippen molar-refractivity contribution in [1.29, 1.82) is 0 Å². The van der Waals surface area contributed by atoms with Gasteiger partial charge in [-0.3, -0.25) is 0 Å². The largest absolute Gasteiger partial charge is 0.316 e. The molecule has 2 unspecified atom stereocenters. The molecule has 1 N–H and O–H groups in total. The van der Waals surface area contributed by atoms with Crippen LogP contribution in [-0.2, 0) is 0 Å². The highest BCUT2D eigenvalue weighted by molar-refractivity contribution is 4.70. The van der Waals surface area contributed by atoms with Crippen molar-refractivity contribution in [1.82, 2.24) is 10.2 Å². The summed E-state index contributed by atoms with van der Waals surface area (Å²) >= 11 is 0. The van der Waals surface area contributed by atoms with Gasteiger partial charge in [-0.05, 0) is 71.6 Å². The molecule has 0 aromatic carbocycles. The molecule has 2 nitrogen and oxygen atoms in total. The predicted molar refractivity (Wildman–Crippen MR) is 67.2 cm³/mol. The zero-order valence-electron chi connectivity index (χ0n) is 10.8. The van der Waals surface area contributed by atoms with Gasteiger partial charge in [0.2, 0.25) is 0 Å². The summed E-state index contributed by atoms with van der Waals surface area (Å²) in [4.78, 5) is 2.50. The zero-order chi connectivity index (χ0) is 11.1. The summed E-state index contributed by atoms with van der Waals surface area (Å²) in [6.07, 6.45) is 6.87. The van der Waals surface area contributed by atoms with Gasteiger partial charge in [0.05, 0.1) is 0 Å². The van der Waals surface area contributed by atoms with E-state index in [4.69, 9.17) is 0 Å². The lowest BCUT2D eigenvalue weighted by Gasteiger charge is -2.26. The molecule has 1 aliphatic heterocycles. The predicted octanol–water partition coefficient (Wildman–Crippen LogP) is 2.50. The van der Waals surface area contributed by atoms with Crippen molar-refractivity contribution in [2.24, 2.45) is 5.92 Å². The van der Waals surface area contributed by atoms with Gasteiger partial charge < -0.3 is 10.2 Å². The molecule has 0 bridgehead atoms. The quantitative estimate of drug-likeness (QED) is 0.728. The molecular weight excluding hydrogens is 184 g/mol. The minimum absolute atomic E-state index is 0.745. The molecule has 0 amide bonds. The molecule has 1 fully saturated rings. The van der Waals surface area contributed by atoms with Gasteiger partial charge in [0.15, 0.2) is 0 Å². The number of piperidine rings is 1. The van der Waals surface area contributed by atoms with E-state index in [1.165, 1.54) is 51.7 Å². The van der Waals surface area contributed by atoms with Gasteiger partial charge in [-0.2, -0.15) is 0 Å². The number of hydrogen-bond acceptors (Lipinski definition) is 2. The van der Waals surface area contributed by atoms with Crippen LogP contribution in [0.1, 0.15) is 46.0 Å². The van der Waals surface area contributed by atoms with Crippen LogP contribution in [0.2, 0.25) is 0 Å². The minimum Gasteiger partial charge on any atom is -0.316 e. The van der Waals surface area contributed by atoms with Crippen LogP contribution < -0.4 is 5.32 Å². The first kappa shape index (κ1) is 13.0. The third-order valence-electron chi connectivity index (χ3n) is 3.87. The van der Waals surface area contributed by atoms with Crippen LogP contribution in [0.5, 0.6) is 0 Å². The van der Waals surface area contributed by atoms with E-state index in [-0.39, 0.29) is 0 Å². The highest BCUT2D eigenvalue weighted by Crippen LogP contribution is 2.16. The Morgan fingerprint density at radius 3 is 2.87 bits per heavy atom. The summed E-state index contributed by atoms with van der Waals surface area (Å²) in [6.45, 7) is 8.36. The molecule has 0 aliphatic carbocycles. The third-order valence-corrected chi connectivity index (χ3v) is 3.87. The Hall–Kier alpha value is -0.0800. The van der Waals surface area contributed by atoms with Crippen LogP contribution in [0, 0.1) is 5.92 Å². The molecule has 0 aromatic heterocycles. The Morgan fingerprint density at radius 1 is 1.47 bits per heavy atom. The first-order valence-corrected chi connectivity index (χ1v) is 6.65. The van der Waals surface area contributed by atoms with E-state index in [0.717, 1.165) is 12.0 Å². The van der Waals surface area contributed by atoms with Crippen molar-refractivity contribution in [3.8, 4) is 0 Å². The van der Waals surface area contributed by atoms with E-state index in [1.807, 2.05) is 0 Å². The molecule has 0 radical (unpaired) electrons. The smallest absolute Gasteiger partial charge is 0.00612 e.